The third-order valence-corrected chi connectivity index (χ3v) is 4.65. The molecule has 0 unspecified atom stereocenters. The van der Waals surface area contributed by atoms with Crippen molar-refractivity contribution in [3.05, 3.63) is 41.9 Å². The van der Waals surface area contributed by atoms with Crippen LogP contribution in [0.25, 0.3) is 0 Å². The van der Waals surface area contributed by atoms with Gasteiger partial charge in [-0.1, -0.05) is 5.16 Å². The Labute approximate surface area is 122 Å². The van der Waals surface area contributed by atoms with Gasteiger partial charge in [-0.05, 0) is 31.2 Å². The zero-order chi connectivity index (χ0) is 15.6. The standard InChI is InChI=1S/C12H15N5O3S/c1-8-14-7-11(15-8)21(19,20)17(2)10-5-3-9(4-6-10)12(13)16-18/h3-7,18H,1-2H3,(H2,13,16)(H,14,15). The van der Waals surface area contributed by atoms with Crippen LogP contribution in [-0.2, 0) is 10.0 Å². The Hall–Kier alpha value is -2.55. The monoisotopic (exact) mass is 309 g/mol. The van der Waals surface area contributed by atoms with E-state index in [4.69, 9.17) is 10.9 Å². The van der Waals surface area contributed by atoms with Gasteiger partial charge in [0.25, 0.3) is 10.0 Å². The molecule has 0 atom stereocenters. The van der Waals surface area contributed by atoms with Gasteiger partial charge in [0, 0.05) is 12.6 Å². The smallest absolute Gasteiger partial charge is 0.281 e. The third kappa shape index (κ3) is 2.82. The lowest BCUT2D eigenvalue weighted by Gasteiger charge is -2.18. The summed E-state index contributed by atoms with van der Waals surface area (Å²) >= 11 is 0. The van der Waals surface area contributed by atoms with Gasteiger partial charge in [0.15, 0.2) is 10.9 Å². The summed E-state index contributed by atoms with van der Waals surface area (Å²) in [4.78, 5) is 6.58. The second-order valence-corrected chi connectivity index (χ2v) is 6.28. The molecule has 1 aromatic carbocycles. The number of imidazole rings is 1. The second-order valence-electron chi connectivity index (χ2n) is 4.34. The topological polar surface area (TPSA) is 125 Å². The van der Waals surface area contributed by atoms with Crippen molar-refractivity contribution in [2.45, 2.75) is 11.9 Å². The minimum absolute atomic E-state index is 0.0167. The Balaban J connectivity index is 2.33. The van der Waals surface area contributed by atoms with Crippen LogP contribution < -0.4 is 10.0 Å². The van der Waals surface area contributed by atoms with E-state index in [9.17, 15) is 8.42 Å². The molecular formula is C12H15N5O3S. The first-order valence-corrected chi connectivity index (χ1v) is 7.39. The molecule has 0 saturated carbocycles. The zero-order valence-corrected chi connectivity index (χ0v) is 12.3. The molecule has 0 amide bonds. The van der Waals surface area contributed by atoms with Crippen LogP contribution in [0.1, 0.15) is 11.4 Å². The van der Waals surface area contributed by atoms with Crippen LogP contribution in [-0.4, -0.2) is 36.5 Å². The Kier molecular flexibility index (Phi) is 3.85. The first-order chi connectivity index (χ1) is 9.86. The molecule has 2 aromatic rings. The molecule has 9 heteroatoms. The molecule has 1 aromatic heterocycles. The van der Waals surface area contributed by atoms with Gasteiger partial charge in [0.05, 0.1) is 11.9 Å². The summed E-state index contributed by atoms with van der Waals surface area (Å²) in [6.07, 6.45) is 1.27. The van der Waals surface area contributed by atoms with E-state index in [0.717, 1.165) is 4.31 Å². The third-order valence-electron chi connectivity index (χ3n) is 2.95. The summed E-state index contributed by atoms with van der Waals surface area (Å²) in [5, 5.41) is 11.5. The van der Waals surface area contributed by atoms with E-state index in [0.29, 0.717) is 17.1 Å². The molecule has 0 spiro atoms. The highest BCUT2D eigenvalue weighted by molar-refractivity contribution is 7.92. The predicted octanol–water partition coefficient (Wildman–Crippen LogP) is 0.638. The number of benzene rings is 1. The maximum Gasteiger partial charge on any atom is 0.281 e. The average molecular weight is 309 g/mol. The molecule has 112 valence electrons. The molecule has 0 aliphatic heterocycles. The van der Waals surface area contributed by atoms with E-state index in [2.05, 4.69) is 15.1 Å². The Morgan fingerprint density at radius 2 is 2.00 bits per heavy atom. The highest BCUT2D eigenvalue weighted by atomic mass is 32.2. The lowest BCUT2D eigenvalue weighted by Crippen LogP contribution is -2.27. The largest absolute Gasteiger partial charge is 0.409 e. The van der Waals surface area contributed by atoms with Crippen molar-refractivity contribution in [3.63, 3.8) is 0 Å². The molecule has 8 nitrogen and oxygen atoms in total. The number of aryl methyl sites for hydroxylation is 1. The van der Waals surface area contributed by atoms with Crippen LogP contribution in [0.15, 0.2) is 40.6 Å². The summed E-state index contributed by atoms with van der Waals surface area (Å²) < 4.78 is 25.9. The highest BCUT2D eigenvalue weighted by Gasteiger charge is 2.23. The quantitative estimate of drug-likeness (QED) is 0.331. The Bertz CT molecular complexity index is 764. The summed E-state index contributed by atoms with van der Waals surface area (Å²) in [7, 11) is -2.27. The van der Waals surface area contributed by atoms with E-state index in [1.807, 2.05) is 0 Å². The minimum atomic E-state index is -3.71. The summed E-state index contributed by atoms with van der Waals surface area (Å²) in [5.41, 5.74) is 6.39. The predicted molar refractivity (Wildman–Crippen MR) is 77.9 cm³/mol. The number of H-pyrrole nitrogens is 1. The lowest BCUT2D eigenvalue weighted by molar-refractivity contribution is 0.318. The van der Waals surface area contributed by atoms with Gasteiger partial charge in [-0.3, -0.25) is 4.31 Å². The van der Waals surface area contributed by atoms with Crippen molar-refractivity contribution in [2.75, 3.05) is 11.4 Å². The molecule has 4 N–H and O–H groups in total. The van der Waals surface area contributed by atoms with Crippen molar-refractivity contribution in [3.8, 4) is 0 Å². The molecule has 0 aliphatic carbocycles. The van der Waals surface area contributed by atoms with Crippen LogP contribution in [0.4, 0.5) is 5.69 Å². The number of hydrogen-bond acceptors (Lipinski definition) is 5. The normalized spacial score (nSPS) is 12.4. The number of hydrogen-bond donors (Lipinski definition) is 3. The summed E-state index contributed by atoms with van der Waals surface area (Å²) in [6.45, 7) is 1.67. The lowest BCUT2D eigenvalue weighted by atomic mass is 10.2. The van der Waals surface area contributed by atoms with Crippen LogP contribution in [0.5, 0.6) is 0 Å². The van der Waals surface area contributed by atoms with Crippen molar-refractivity contribution >= 4 is 21.5 Å². The van der Waals surface area contributed by atoms with Gasteiger partial charge in [0.2, 0.25) is 0 Å². The number of rotatable bonds is 4. The van der Waals surface area contributed by atoms with Crippen molar-refractivity contribution in [1.29, 1.82) is 0 Å². The molecule has 21 heavy (non-hydrogen) atoms. The van der Waals surface area contributed by atoms with Gasteiger partial charge in [-0.15, -0.1) is 0 Å². The molecule has 2 rings (SSSR count). The molecule has 0 aliphatic rings. The Morgan fingerprint density at radius 1 is 1.38 bits per heavy atom. The number of aromatic nitrogens is 2. The molecule has 0 radical (unpaired) electrons. The SMILES string of the molecule is Cc1ncc(S(=O)(=O)N(C)c2ccc(C(N)=NO)cc2)[nH]1. The molecular weight excluding hydrogens is 294 g/mol. The molecule has 0 bridgehead atoms. The van der Waals surface area contributed by atoms with E-state index in [1.54, 1.807) is 31.2 Å². The molecule has 0 saturated heterocycles. The number of nitrogens with zero attached hydrogens (tertiary/aromatic N) is 3. The van der Waals surface area contributed by atoms with Crippen LogP contribution >= 0.6 is 0 Å². The van der Waals surface area contributed by atoms with E-state index in [1.165, 1.54) is 13.2 Å². The number of oxime groups is 1. The van der Waals surface area contributed by atoms with Crippen LogP contribution in [0.2, 0.25) is 0 Å². The number of nitrogens with one attached hydrogen (secondary N) is 1. The van der Waals surface area contributed by atoms with E-state index in [-0.39, 0.29) is 10.9 Å². The van der Waals surface area contributed by atoms with Gasteiger partial charge < -0.3 is 15.9 Å². The number of nitrogens with two attached hydrogens (primary N) is 1. The maximum atomic E-state index is 12.4. The second kappa shape index (κ2) is 5.44. The van der Waals surface area contributed by atoms with Crippen molar-refractivity contribution in [2.24, 2.45) is 10.9 Å². The van der Waals surface area contributed by atoms with Gasteiger partial charge in [-0.25, -0.2) is 4.98 Å². The van der Waals surface area contributed by atoms with Crippen molar-refractivity contribution in [1.82, 2.24) is 9.97 Å². The van der Waals surface area contributed by atoms with Gasteiger partial charge in [-0.2, -0.15) is 8.42 Å². The van der Waals surface area contributed by atoms with Crippen LogP contribution in [0.3, 0.4) is 0 Å². The Morgan fingerprint density at radius 3 is 2.48 bits per heavy atom. The van der Waals surface area contributed by atoms with Crippen molar-refractivity contribution < 1.29 is 13.6 Å². The number of anilines is 1. The first-order valence-electron chi connectivity index (χ1n) is 5.94. The number of aromatic amines is 1. The highest BCUT2D eigenvalue weighted by Crippen LogP contribution is 2.21. The van der Waals surface area contributed by atoms with E-state index < -0.39 is 10.0 Å². The number of sulfonamides is 1. The summed E-state index contributed by atoms with van der Waals surface area (Å²) in [6, 6.07) is 6.26. The van der Waals surface area contributed by atoms with Gasteiger partial charge in [0.1, 0.15) is 5.82 Å². The fourth-order valence-corrected chi connectivity index (χ4v) is 2.87. The zero-order valence-electron chi connectivity index (χ0n) is 11.5. The first kappa shape index (κ1) is 14.9. The molecule has 1 heterocycles. The summed E-state index contributed by atoms with van der Waals surface area (Å²) in [5.74, 6) is 0.473. The molecule has 0 fully saturated rings. The maximum absolute atomic E-state index is 12.4. The van der Waals surface area contributed by atoms with E-state index >= 15 is 0 Å². The fourth-order valence-electron chi connectivity index (χ4n) is 1.72. The number of amidine groups is 1. The fraction of sp³-hybridized carbons (Fsp3) is 0.167. The minimum Gasteiger partial charge on any atom is -0.409 e. The van der Waals surface area contributed by atoms with Gasteiger partial charge >= 0.3 is 0 Å². The average Bonchev–Trinajstić information content (AvgIpc) is 2.93. The van der Waals surface area contributed by atoms with Crippen LogP contribution in [0, 0.1) is 6.92 Å².